The second kappa shape index (κ2) is 5.55. The molecule has 2 rings (SSSR count). The summed E-state index contributed by atoms with van der Waals surface area (Å²) < 4.78 is 2.13. The first-order valence-corrected chi connectivity index (χ1v) is 7.55. The van der Waals surface area contributed by atoms with E-state index in [9.17, 15) is 0 Å². The molecule has 0 aliphatic heterocycles. The van der Waals surface area contributed by atoms with Gasteiger partial charge in [0.15, 0.2) is 5.82 Å². The molecule has 0 radical (unpaired) electrons. The number of rotatable bonds is 3. The molecule has 0 N–H and O–H groups in total. The fraction of sp³-hybridized carbons (Fsp3) is 0.647. The Morgan fingerprint density at radius 2 is 1.90 bits per heavy atom. The summed E-state index contributed by atoms with van der Waals surface area (Å²) in [6.45, 7) is 14.9. The quantitative estimate of drug-likeness (QED) is 0.699. The largest absolute Gasteiger partial charge is 0.244 e. The van der Waals surface area contributed by atoms with Crippen LogP contribution in [0.15, 0.2) is 17.8 Å². The molecule has 0 spiro atoms. The number of hydrogen-bond donors (Lipinski definition) is 0. The standard InChI is InChI=1S/C17H27N3/c1-12(2)15-11-18-20(16(15)19-13(3)4)14-7-9-17(5,6)10-8-14/h11,14H,1,7-10H2,2-6H3. The number of hydrogen-bond acceptors (Lipinski definition) is 2. The molecule has 1 fully saturated rings. The van der Waals surface area contributed by atoms with Gasteiger partial charge in [0.2, 0.25) is 0 Å². The highest BCUT2D eigenvalue weighted by molar-refractivity contribution is 5.83. The van der Waals surface area contributed by atoms with E-state index < -0.39 is 0 Å². The van der Waals surface area contributed by atoms with E-state index in [4.69, 9.17) is 4.99 Å². The summed E-state index contributed by atoms with van der Waals surface area (Å²) >= 11 is 0. The Labute approximate surface area is 122 Å². The monoisotopic (exact) mass is 273 g/mol. The molecule has 110 valence electrons. The number of nitrogens with zero attached hydrogens (tertiary/aromatic N) is 3. The lowest BCUT2D eigenvalue weighted by atomic mass is 9.75. The first-order chi connectivity index (χ1) is 9.30. The number of aliphatic imine (C=N–C) groups is 1. The summed E-state index contributed by atoms with van der Waals surface area (Å²) in [5.74, 6) is 0.988. The van der Waals surface area contributed by atoms with Gasteiger partial charge in [0, 0.05) is 11.3 Å². The van der Waals surface area contributed by atoms with Crippen molar-refractivity contribution in [1.29, 1.82) is 0 Å². The van der Waals surface area contributed by atoms with Gasteiger partial charge >= 0.3 is 0 Å². The molecule has 0 aromatic carbocycles. The Morgan fingerprint density at radius 1 is 1.30 bits per heavy atom. The Bertz CT molecular complexity index is 520. The molecule has 20 heavy (non-hydrogen) atoms. The van der Waals surface area contributed by atoms with Crippen LogP contribution in [0.2, 0.25) is 0 Å². The van der Waals surface area contributed by atoms with Crippen molar-refractivity contribution in [2.75, 3.05) is 0 Å². The number of allylic oxidation sites excluding steroid dienone is 1. The SMILES string of the molecule is C=C(C)c1cnn(C2CCC(C)(C)CC2)c1N=C(C)C. The van der Waals surface area contributed by atoms with Gasteiger partial charge in [-0.25, -0.2) is 9.67 Å². The van der Waals surface area contributed by atoms with Crippen LogP contribution in [0.25, 0.3) is 5.57 Å². The van der Waals surface area contributed by atoms with Crippen LogP contribution < -0.4 is 0 Å². The third-order valence-corrected chi connectivity index (χ3v) is 4.21. The summed E-state index contributed by atoms with van der Waals surface area (Å²) in [4.78, 5) is 4.71. The van der Waals surface area contributed by atoms with E-state index in [-0.39, 0.29) is 0 Å². The first-order valence-electron chi connectivity index (χ1n) is 7.55. The smallest absolute Gasteiger partial charge is 0.158 e. The average molecular weight is 273 g/mol. The normalized spacial score (nSPS) is 18.9. The minimum atomic E-state index is 0.477. The first kappa shape index (κ1) is 15.0. The molecule has 1 saturated carbocycles. The molecule has 3 heteroatoms. The lowest BCUT2D eigenvalue weighted by Crippen LogP contribution is -2.24. The van der Waals surface area contributed by atoms with Crippen LogP contribution in [-0.2, 0) is 0 Å². The third kappa shape index (κ3) is 3.20. The second-order valence-electron chi connectivity index (χ2n) is 7.06. The Kier molecular flexibility index (Phi) is 4.17. The van der Waals surface area contributed by atoms with Crippen molar-refractivity contribution in [3.63, 3.8) is 0 Å². The molecule has 1 aromatic rings. The van der Waals surface area contributed by atoms with Crippen LogP contribution in [0.1, 0.15) is 71.9 Å². The van der Waals surface area contributed by atoms with E-state index in [1.165, 1.54) is 25.7 Å². The van der Waals surface area contributed by atoms with Crippen molar-refractivity contribution in [3.8, 4) is 0 Å². The van der Waals surface area contributed by atoms with E-state index >= 15 is 0 Å². The Morgan fingerprint density at radius 3 is 2.40 bits per heavy atom. The van der Waals surface area contributed by atoms with Crippen molar-refractivity contribution in [1.82, 2.24) is 9.78 Å². The number of aromatic nitrogens is 2. The summed E-state index contributed by atoms with van der Waals surface area (Å²) in [6.07, 6.45) is 6.82. The molecule has 0 atom stereocenters. The van der Waals surface area contributed by atoms with E-state index in [2.05, 4.69) is 30.2 Å². The maximum atomic E-state index is 4.71. The van der Waals surface area contributed by atoms with E-state index in [1.807, 2.05) is 27.0 Å². The fourth-order valence-corrected chi connectivity index (χ4v) is 2.88. The van der Waals surface area contributed by atoms with E-state index in [0.717, 1.165) is 22.7 Å². The van der Waals surface area contributed by atoms with Gasteiger partial charge < -0.3 is 0 Å². The van der Waals surface area contributed by atoms with Crippen molar-refractivity contribution < 1.29 is 0 Å². The Balaban J connectivity index is 2.33. The highest BCUT2D eigenvalue weighted by atomic mass is 15.3. The zero-order valence-corrected chi connectivity index (χ0v) is 13.5. The van der Waals surface area contributed by atoms with E-state index in [1.54, 1.807) is 0 Å². The summed E-state index contributed by atoms with van der Waals surface area (Å²) in [6, 6.07) is 0.481. The summed E-state index contributed by atoms with van der Waals surface area (Å²) in [5, 5.41) is 4.61. The van der Waals surface area contributed by atoms with Gasteiger partial charge in [0.25, 0.3) is 0 Å². The molecule has 0 amide bonds. The van der Waals surface area contributed by atoms with Crippen molar-refractivity contribution in [2.24, 2.45) is 10.4 Å². The van der Waals surface area contributed by atoms with Gasteiger partial charge in [-0.15, -0.1) is 0 Å². The maximum absolute atomic E-state index is 4.71. The molecule has 1 heterocycles. The predicted molar refractivity (Wildman–Crippen MR) is 86.7 cm³/mol. The van der Waals surface area contributed by atoms with Gasteiger partial charge in [0.05, 0.1) is 12.2 Å². The van der Waals surface area contributed by atoms with Crippen LogP contribution in [0.3, 0.4) is 0 Å². The lowest BCUT2D eigenvalue weighted by Gasteiger charge is -2.34. The minimum absolute atomic E-state index is 0.477. The highest BCUT2D eigenvalue weighted by Crippen LogP contribution is 2.42. The topological polar surface area (TPSA) is 30.2 Å². The van der Waals surface area contributed by atoms with E-state index in [0.29, 0.717) is 11.5 Å². The van der Waals surface area contributed by atoms with Gasteiger partial charge in [0.1, 0.15) is 0 Å². The van der Waals surface area contributed by atoms with Crippen molar-refractivity contribution >= 4 is 17.1 Å². The molecule has 0 saturated heterocycles. The molecule has 0 bridgehead atoms. The van der Waals surface area contributed by atoms with Crippen molar-refractivity contribution in [2.45, 2.75) is 66.3 Å². The average Bonchev–Trinajstić information content (AvgIpc) is 2.72. The van der Waals surface area contributed by atoms with Gasteiger partial charge in [-0.3, -0.25) is 0 Å². The second-order valence-corrected chi connectivity index (χ2v) is 7.06. The van der Waals surface area contributed by atoms with Crippen LogP contribution >= 0.6 is 0 Å². The van der Waals surface area contributed by atoms with Crippen molar-refractivity contribution in [3.05, 3.63) is 18.3 Å². The third-order valence-electron chi connectivity index (χ3n) is 4.21. The zero-order valence-electron chi connectivity index (χ0n) is 13.5. The lowest BCUT2D eigenvalue weighted by molar-refractivity contribution is 0.187. The fourth-order valence-electron chi connectivity index (χ4n) is 2.88. The molecule has 1 aliphatic carbocycles. The highest BCUT2D eigenvalue weighted by Gasteiger charge is 2.29. The van der Waals surface area contributed by atoms with Crippen LogP contribution in [-0.4, -0.2) is 15.5 Å². The van der Waals surface area contributed by atoms with Gasteiger partial charge in [-0.1, -0.05) is 20.4 Å². The summed E-state index contributed by atoms with van der Waals surface area (Å²) in [5.41, 5.74) is 3.65. The minimum Gasteiger partial charge on any atom is -0.244 e. The molecule has 3 nitrogen and oxygen atoms in total. The van der Waals surface area contributed by atoms with Gasteiger partial charge in [-0.2, -0.15) is 5.10 Å². The maximum Gasteiger partial charge on any atom is 0.158 e. The zero-order chi connectivity index (χ0) is 14.9. The Hall–Kier alpha value is -1.38. The molecular formula is C17H27N3. The van der Waals surface area contributed by atoms with Gasteiger partial charge in [-0.05, 0) is 57.4 Å². The predicted octanol–water partition coefficient (Wildman–Crippen LogP) is 5.17. The molecule has 1 aliphatic rings. The summed E-state index contributed by atoms with van der Waals surface area (Å²) in [7, 11) is 0. The molecule has 0 unspecified atom stereocenters. The van der Waals surface area contributed by atoms with Crippen LogP contribution in [0.5, 0.6) is 0 Å². The molecule has 1 aromatic heterocycles. The molecular weight excluding hydrogens is 246 g/mol. The van der Waals surface area contributed by atoms with Crippen LogP contribution in [0, 0.1) is 5.41 Å². The van der Waals surface area contributed by atoms with Crippen LogP contribution in [0.4, 0.5) is 5.82 Å².